The lowest BCUT2D eigenvalue weighted by atomic mass is 10.1. The molecule has 2 N–H and O–H groups in total. The Bertz CT molecular complexity index is 647. The Kier molecular flexibility index (Phi) is 4.94. The summed E-state index contributed by atoms with van der Waals surface area (Å²) in [7, 11) is -3.04. The number of hydrogen-bond acceptors (Lipinski definition) is 5. The molecular formula is C14H17N3O3S. The maximum absolute atomic E-state index is 11.9. The van der Waals surface area contributed by atoms with Crippen LogP contribution in [-0.2, 0) is 21.1 Å². The second-order valence-corrected chi connectivity index (χ2v) is 7.28. The number of amides is 1. The van der Waals surface area contributed by atoms with Crippen LogP contribution in [0, 0.1) is 11.3 Å². The summed E-state index contributed by atoms with van der Waals surface area (Å²) in [6.45, 7) is 0.392. The van der Waals surface area contributed by atoms with Gasteiger partial charge in [-0.1, -0.05) is 12.1 Å². The second-order valence-electron chi connectivity index (χ2n) is 5.05. The van der Waals surface area contributed by atoms with Gasteiger partial charge in [-0.3, -0.25) is 4.79 Å². The van der Waals surface area contributed by atoms with E-state index in [4.69, 9.17) is 5.26 Å². The Morgan fingerprint density at radius 3 is 2.71 bits per heavy atom. The van der Waals surface area contributed by atoms with Gasteiger partial charge in [0, 0.05) is 24.7 Å². The summed E-state index contributed by atoms with van der Waals surface area (Å²) < 4.78 is 23.0. The molecule has 7 heteroatoms. The van der Waals surface area contributed by atoms with Crippen molar-refractivity contribution in [3.05, 3.63) is 29.8 Å². The Hall–Kier alpha value is -1.91. The molecule has 1 aromatic rings. The average molecular weight is 307 g/mol. The molecule has 1 fully saturated rings. The molecule has 0 bridgehead atoms. The summed E-state index contributed by atoms with van der Waals surface area (Å²) in [5, 5.41) is 14.4. The van der Waals surface area contributed by atoms with Crippen molar-refractivity contribution in [3.63, 3.8) is 0 Å². The van der Waals surface area contributed by atoms with Gasteiger partial charge in [-0.25, -0.2) is 8.42 Å². The molecule has 21 heavy (non-hydrogen) atoms. The first-order chi connectivity index (χ1) is 9.98. The summed E-state index contributed by atoms with van der Waals surface area (Å²) >= 11 is 0. The molecule has 1 heterocycles. The predicted octanol–water partition coefficient (Wildman–Crippen LogP) is 0.468. The highest BCUT2D eigenvalue weighted by Crippen LogP contribution is 2.12. The van der Waals surface area contributed by atoms with E-state index in [9.17, 15) is 13.2 Å². The van der Waals surface area contributed by atoms with Gasteiger partial charge in [-0.05, 0) is 17.7 Å². The number of nitrogens with one attached hydrogen (secondary N) is 2. The zero-order chi connectivity index (χ0) is 15.3. The lowest BCUT2D eigenvalue weighted by Crippen LogP contribution is -2.46. The normalized spacial score (nSPS) is 20.4. The maximum Gasteiger partial charge on any atom is 0.225 e. The Morgan fingerprint density at radius 2 is 2.10 bits per heavy atom. The Morgan fingerprint density at radius 1 is 1.38 bits per heavy atom. The summed E-state index contributed by atoms with van der Waals surface area (Å²) in [6.07, 6.45) is 0.456. The fraction of sp³-hybridized carbons (Fsp3) is 0.429. The summed E-state index contributed by atoms with van der Waals surface area (Å²) in [4.78, 5) is 11.9. The van der Waals surface area contributed by atoms with E-state index in [-0.39, 0.29) is 29.9 Å². The third-order valence-corrected chi connectivity index (χ3v) is 4.99. The third-order valence-electron chi connectivity index (χ3n) is 3.25. The minimum Gasteiger partial charge on any atom is -0.326 e. The molecule has 1 aliphatic rings. The van der Waals surface area contributed by atoms with Crippen LogP contribution in [0.1, 0.15) is 12.0 Å². The Balaban J connectivity index is 1.88. The first kappa shape index (κ1) is 15.5. The van der Waals surface area contributed by atoms with E-state index in [2.05, 4.69) is 16.7 Å². The summed E-state index contributed by atoms with van der Waals surface area (Å²) in [5.41, 5.74) is 1.52. The fourth-order valence-electron chi connectivity index (χ4n) is 2.23. The zero-order valence-corrected chi connectivity index (χ0v) is 12.3. The number of carbonyl (C=O) groups is 1. The van der Waals surface area contributed by atoms with Gasteiger partial charge in [0.1, 0.15) is 0 Å². The van der Waals surface area contributed by atoms with E-state index in [0.717, 1.165) is 5.56 Å². The molecule has 6 nitrogen and oxygen atoms in total. The summed E-state index contributed by atoms with van der Waals surface area (Å²) in [5.74, 6) is -0.0925. The SMILES string of the molecule is N#CCc1ccc(NC(=O)CC2CS(=O)(=O)CCN2)cc1. The standard InChI is InChI=1S/C14H17N3O3S/c15-6-5-11-1-3-12(4-2-11)17-14(18)9-13-10-21(19,20)8-7-16-13/h1-4,13,16H,5,7-10H2,(H,17,18). The van der Waals surface area contributed by atoms with E-state index in [1.165, 1.54) is 0 Å². The number of benzene rings is 1. The molecule has 0 aromatic heterocycles. The largest absolute Gasteiger partial charge is 0.326 e. The van der Waals surface area contributed by atoms with Crippen LogP contribution in [0.3, 0.4) is 0 Å². The van der Waals surface area contributed by atoms with Crippen LogP contribution in [0.25, 0.3) is 0 Å². The van der Waals surface area contributed by atoms with Gasteiger partial charge < -0.3 is 10.6 Å². The minimum absolute atomic E-state index is 0.00152. The fourth-order valence-corrected chi connectivity index (χ4v) is 3.68. The molecule has 1 aromatic carbocycles. The number of carbonyl (C=O) groups excluding carboxylic acids is 1. The number of sulfone groups is 1. The molecule has 0 radical (unpaired) electrons. The molecule has 2 rings (SSSR count). The van der Waals surface area contributed by atoms with Crippen molar-refractivity contribution in [3.8, 4) is 6.07 Å². The molecule has 1 unspecified atom stereocenters. The van der Waals surface area contributed by atoms with Crippen molar-refractivity contribution in [2.45, 2.75) is 18.9 Å². The van der Waals surface area contributed by atoms with Crippen LogP contribution >= 0.6 is 0 Å². The lowest BCUT2D eigenvalue weighted by Gasteiger charge is -2.23. The number of nitriles is 1. The first-order valence-corrected chi connectivity index (χ1v) is 8.50. The van der Waals surface area contributed by atoms with Gasteiger partial charge in [-0.2, -0.15) is 5.26 Å². The van der Waals surface area contributed by atoms with Gasteiger partial charge in [0.05, 0.1) is 24.0 Å². The van der Waals surface area contributed by atoms with Gasteiger partial charge in [0.25, 0.3) is 0 Å². The van der Waals surface area contributed by atoms with Gasteiger partial charge in [0.15, 0.2) is 9.84 Å². The third kappa shape index (κ3) is 4.85. The van der Waals surface area contributed by atoms with E-state index in [1.54, 1.807) is 24.3 Å². The van der Waals surface area contributed by atoms with E-state index in [1.807, 2.05) is 0 Å². The lowest BCUT2D eigenvalue weighted by molar-refractivity contribution is -0.116. The quantitative estimate of drug-likeness (QED) is 0.842. The topological polar surface area (TPSA) is 99.1 Å². The van der Waals surface area contributed by atoms with E-state index < -0.39 is 9.84 Å². The van der Waals surface area contributed by atoms with Gasteiger partial charge >= 0.3 is 0 Å². The monoisotopic (exact) mass is 307 g/mol. The van der Waals surface area contributed by atoms with Crippen LogP contribution < -0.4 is 10.6 Å². The molecule has 1 amide bonds. The first-order valence-electron chi connectivity index (χ1n) is 6.68. The van der Waals surface area contributed by atoms with Crippen LogP contribution in [0.2, 0.25) is 0 Å². The Labute approximate surface area is 124 Å². The molecule has 1 aliphatic heterocycles. The van der Waals surface area contributed by atoms with E-state index >= 15 is 0 Å². The van der Waals surface area contributed by atoms with Crippen molar-refractivity contribution in [2.75, 3.05) is 23.4 Å². The van der Waals surface area contributed by atoms with Gasteiger partial charge in [-0.15, -0.1) is 0 Å². The number of rotatable bonds is 4. The zero-order valence-electron chi connectivity index (χ0n) is 11.5. The highest BCUT2D eigenvalue weighted by Gasteiger charge is 2.25. The van der Waals surface area contributed by atoms with Gasteiger partial charge in [0.2, 0.25) is 5.91 Å². The smallest absolute Gasteiger partial charge is 0.225 e. The average Bonchev–Trinajstić information content (AvgIpc) is 2.40. The van der Waals surface area contributed by atoms with Crippen LogP contribution in [0.4, 0.5) is 5.69 Å². The van der Waals surface area contributed by atoms with Crippen molar-refractivity contribution in [2.24, 2.45) is 0 Å². The minimum atomic E-state index is -3.04. The van der Waals surface area contributed by atoms with Crippen molar-refractivity contribution >= 4 is 21.4 Å². The van der Waals surface area contributed by atoms with Crippen LogP contribution in [0.15, 0.2) is 24.3 Å². The highest BCUT2D eigenvalue weighted by atomic mass is 32.2. The molecule has 1 saturated heterocycles. The molecule has 0 spiro atoms. The number of hydrogen-bond donors (Lipinski definition) is 2. The van der Waals surface area contributed by atoms with E-state index in [0.29, 0.717) is 18.7 Å². The highest BCUT2D eigenvalue weighted by molar-refractivity contribution is 7.91. The molecule has 0 aliphatic carbocycles. The maximum atomic E-state index is 11.9. The predicted molar refractivity (Wildman–Crippen MR) is 79.5 cm³/mol. The van der Waals surface area contributed by atoms with Crippen LogP contribution in [-0.4, -0.2) is 38.4 Å². The second kappa shape index (κ2) is 6.70. The molecular weight excluding hydrogens is 290 g/mol. The number of nitrogens with zero attached hydrogens (tertiary/aromatic N) is 1. The van der Waals surface area contributed by atoms with Crippen molar-refractivity contribution in [1.82, 2.24) is 5.32 Å². The number of anilines is 1. The molecule has 1 atom stereocenters. The van der Waals surface area contributed by atoms with Crippen molar-refractivity contribution < 1.29 is 13.2 Å². The molecule has 0 saturated carbocycles. The molecule has 112 valence electrons. The van der Waals surface area contributed by atoms with Crippen LogP contribution in [0.5, 0.6) is 0 Å². The van der Waals surface area contributed by atoms with Crippen molar-refractivity contribution in [1.29, 1.82) is 5.26 Å². The summed E-state index contributed by atoms with van der Waals surface area (Å²) in [6, 6.07) is 8.75.